The monoisotopic (exact) mass is 310 g/mol. The first-order valence-electron chi connectivity index (χ1n) is 8.18. The summed E-state index contributed by atoms with van der Waals surface area (Å²) in [4.78, 5) is 11.0. The van der Waals surface area contributed by atoms with Crippen LogP contribution in [0.4, 0.5) is 11.4 Å². The Kier molecular flexibility index (Phi) is 5.80. The van der Waals surface area contributed by atoms with Gasteiger partial charge in [-0.15, -0.1) is 0 Å². The molecule has 3 nitrogen and oxygen atoms in total. The molecule has 3 heteroatoms. The summed E-state index contributed by atoms with van der Waals surface area (Å²) >= 11 is 0. The van der Waals surface area contributed by atoms with Crippen LogP contribution in [0.5, 0.6) is 0 Å². The fourth-order valence-electron chi connectivity index (χ4n) is 2.76. The molecule has 0 spiro atoms. The highest BCUT2D eigenvalue weighted by molar-refractivity contribution is 5.88. The van der Waals surface area contributed by atoms with Gasteiger partial charge in [-0.2, -0.15) is 0 Å². The number of benzene rings is 2. The van der Waals surface area contributed by atoms with Gasteiger partial charge in [-0.3, -0.25) is 4.79 Å². The van der Waals surface area contributed by atoms with E-state index in [9.17, 15) is 4.79 Å². The van der Waals surface area contributed by atoms with Crippen molar-refractivity contribution in [3.8, 4) is 0 Å². The van der Waals surface area contributed by atoms with E-state index in [0.29, 0.717) is 11.8 Å². The highest BCUT2D eigenvalue weighted by Crippen LogP contribution is 2.28. The number of carbonyl (C=O) groups is 1. The van der Waals surface area contributed by atoms with E-state index in [1.807, 2.05) is 24.3 Å². The standard InChI is InChI=1S/C20H26N2O/c1-14(17-6-10-19(21)11-7-17)4-5-15(2)18-8-12-20(13-9-18)22-16(3)23/h6-15H,4-5,21H2,1-3H3,(H,22,23). The predicted octanol–water partition coefficient (Wildman–Crippen LogP) is 4.91. The van der Waals surface area contributed by atoms with E-state index >= 15 is 0 Å². The molecule has 23 heavy (non-hydrogen) atoms. The number of carbonyl (C=O) groups excluding carboxylic acids is 1. The molecule has 0 saturated heterocycles. The van der Waals surface area contributed by atoms with Crippen molar-refractivity contribution in [3.05, 3.63) is 59.7 Å². The zero-order valence-corrected chi connectivity index (χ0v) is 14.2. The first-order valence-corrected chi connectivity index (χ1v) is 8.18. The second-order valence-corrected chi connectivity index (χ2v) is 6.35. The smallest absolute Gasteiger partial charge is 0.221 e. The third kappa shape index (κ3) is 5.13. The molecular weight excluding hydrogens is 284 g/mol. The van der Waals surface area contributed by atoms with Crippen LogP contribution in [-0.2, 0) is 4.79 Å². The summed E-state index contributed by atoms with van der Waals surface area (Å²) in [5.74, 6) is 0.984. The lowest BCUT2D eigenvalue weighted by Gasteiger charge is -2.17. The van der Waals surface area contributed by atoms with Crippen LogP contribution in [0.15, 0.2) is 48.5 Å². The fourth-order valence-corrected chi connectivity index (χ4v) is 2.76. The maximum absolute atomic E-state index is 11.0. The van der Waals surface area contributed by atoms with Gasteiger partial charge in [0.05, 0.1) is 0 Å². The molecular formula is C20H26N2O. The molecule has 2 rings (SSSR count). The Bertz CT molecular complexity index is 632. The van der Waals surface area contributed by atoms with E-state index in [2.05, 4.69) is 43.4 Å². The minimum atomic E-state index is -0.0388. The van der Waals surface area contributed by atoms with E-state index in [-0.39, 0.29) is 5.91 Å². The summed E-state index contributed by atoms with van der Waals surface area (Å²) in [6.45, 7) is 6.04. The van der Waals surface area contributed by atoms with Gasteiger partial charge in [0.15, 0.2) is 0 Å². The van der Waals surface area contributed by atoms with E-state index in [4.69, 9.17) is 5.73 Å². The zero-order valence-electron chi connectivity index (χ0n) is 14.2. The van der Waals surface area contributed by atoms with Crippen molar-refractivity contribution in [1.29, 1.82) is 0 Å². The van der Waals surface area contributed by atoms with Crippen molar-refractivity contribution in [1.82, 2.24) is 0 Å². The van der Waals surface area contributed by atoms with Gasteiger partial charge in [-0.05, 0) is 60.1 Å². The van der Waals surface area contributed by atoms with Crippen LogP contribution >= 0.6 is 0 Å². The van der Waals surface area contributed by atoms with Crippen molar-refractivity contribution in [2.45, 2.75) is 45.4 Å². The molecule has 0 saturated carbocycles. The van der Waals surface area contributed by atoms with Gasteiger partial charge < -0.3 is 11.1 Å². The van der Waals surface area contributed by atoms with Crippen molar-refractivity contribution in [3.63, 3.8) is 0 Å². The Labute approximate surface area is 138 Å². The van der Waals surface area contributed by atoms with Gasteiger partial charge in [0, 0.05) is 18.3 Å². The zero-order chi connectivity index (χ0) is 16.8. The molecule has 0 bridgehead atoms. The Morgan fingerprint density at radius 2 is 1.35 bits per heavy atom. The van der Waals surface area contributed by atoms with Crippen molar-refractivity contribution in [2.75, 3.05) is 11.1 Å². The minimum Gasteiger partial charge on any atom is -0.399 e. The molecule has 2 unspecified atom stereocenters. The van der Waals surface area contributed by atoms with Crippen LogP contribution in [-0.4, -0.2) is 5.91 Å². The SMILES string of the molecule is CC(=O)Nc1ccc(C(C)CCC(C)c2ccc(N)cc2)cc1. The molecule has 0 aliphatic heterocycles. The summed E-state index contributed by atoms with van der Waals surface area (Å²) in [5, 5.41) is 2.80. The number of hydrogen-bond donors (Lipinski definition) is 2. The van der Waals surface area contributed by atoms with Gasteiger partial charge in [0.25, 0.3) is 0 Å². The first kappa shape index (κ1) is 17.1. The fraction of sp³-hybridized carbons (Fsp3) is 0.350. The van der Waals surface area contributed by atoms with Gasteiger partial charge in [-0.1, -0.05) is 38.1 Å². The predicted molar refractivity (Wildman–Crippen MR) is 97.7 cm³/mol. The Balaban J connectivity index is 1.89. The molecule has 2 atom stereocenters. The average molecular weight is 310 g/mol. The van der Waals surface area contributed by atoms with Crippen LogP contribution in [0.1, 0.15) is 56.6 Å². The summed E-state index contributed by atoms with van der Waals surface area (Å²) < 4.78 is 0. The second-order valence-electron chi connectivity index (χ2n) is 6.35. The van der Waals surface area contributed by atoms with Crippen LogP contribution in [0.2, 0.25) is 0 Å². The lowest BCUT2D eigenvalue weighted by Crippen LogP contribution is -2.05. The molecule has 0 fully saturated rings. The van der Waals surface area contributed by atoms with Gasteiger partial charge in [-0.25, -0.2) is 0 Å². The number of rotatable bonds is 6. The van der Waals surface area contributed by atoms with E-state index in [1.54, 1.807) is 0 Å². The number of nitrogens with two attached hydrogens (primary N) is 1. The number of anilines is 2. The third-order valence-corrected chi connectivity index (χ3v) is 4.34. The first-order chi connectivity index (χ1) is 11.0. The van der Waals surface area contributed by atoms with Crippen LogP contribution in [0.3, 0.4) is 0 Å². The normalized spacial score (nSPS) is 13.3. The summed E-state index contributed by atoms with van der Waals surface area (Å²) in [5.41, 5.74) is 10.1. The maximum Gasteiger partial charge on any atom is 0.221 e. The molecule has 2 aromatic carbocycles. The molecule has 0 aliphatic carbocycles. The topological polar surface area (TPSA) is 55.1 Å². The van der Waals surface area contributed by atoms with Gasteiger partial charge >= 0.3 is 0 Å². The van der Waals surface area contributed by atoms with Crippen LogP contribution in [0.25, 0.3) is 0 Å². The van der Waals surface area contributed by atoms with Gasteiger partial charge in [0.1, 0.15) is 0 Å². The quantitative estimate of drug-likeness (QED) is 0.744. The molecule has 122 valence electrons. The lowest BCUT2D eigenvalue weighted by atomic mass is 9.89. The van der Waals surface area contributed by atoms with Crippen molar-refractivity contribution >= 4 is 17.3 Å². The van der Waals surface area contributed by atoms with Crippen LogP contribution in [0, 0.1) is 0 Å². The van der Waals surface area contributed by atoms with Crippen molar-refractivity contribution < 1.29 is 4.79 Å². The average Bonchev–Trinajstić information content (AvgIpc) is 2.53. The lowest BCUT2D eigenvalue weighted by molar-refractivity contribution is -0.114. The highest BCUT2D eigenvalue weighted by Gasteiger charge is 2.10. The van der Waals surface area contributed by atoms with E-state index in [1.165, 1.54) is 18.1 Å². The van der Waals surface area contributed by atoms with Crippen molar-refractivity contribution in [2.24, 2.45) is 0 Å². The Hall–Kier alpha value is -2.29. The van der Waals surface area contributed by atoms with E-state index in [0.717, 1.165) is 24.2 Å². The number of nitrogen functional groups attached to an aromatic ring is 1. The Morgan fingerprint density at radius 3 is 1.78 bits per heavy atom. The molecule has 0 heterocycles. The number of hydrogen-bond acceptors (Lipinski definition) is 2. The van der Waals surface area contributed by atoms with Gasteiger partial charge in [0.2, 0.25) is 5.91 Å². The molecule has 0 radical (unpaired) electrons. The third-order valence-electron chi connectivity index (χ3n) is 4.34. The number of nitrogens with one attached hydrogen (secondary N) is 1. The molecule has 0 aliphatic rings. The summed E-state index contributed by atoms with van der Waals surface area (Å²) in [6.07, 6.45) is 2.27. The Morgan fingerprint density at radius 1 is 0.913 bits per heavy atom. The molecule has 2 aromatic rings. The van der Waals surface area contributed by atoms with Crippen LogP contribution < -0.4 is 11.1 Å². The second kappa shape index (κ2) is 7.82. The van der Waals surface area contributed by atoms with E-state index < -0.39 is 0 Å². The molecule has 1 amide bonds. The largest absolute Gasteiger partial charge is 0.399 e. The summed E-state index contributed by atoms with van der Waals surface area (Å²) in [7, 11) is 0. The number of amides is 1. The molecule has 3 N–H and O–H groups in total. The highest BCUT2D eigenvalue weighted by atomic mass is 16.1. The minimum absolute atomic E-state index is 0.0388. The summed E-state index contributed by atoms with van der Waals surface area (Å²) in [6, 6.07) is 16.3. The maximum atomic E-state index is 11.0. The molecule has 0 aromatic heterocycles.